The van der Waals surface area contributed by atoms with Crippen molar-refractivity contribution in [1.29, 1.82) is 0 Å². The molecule has 4 nitrogen and oxygen atoms in total. The van der Waals surface area contributed by atoms with Gasteiger partial charge in [0.15, 0.2) is 0 Å². The van der Waals surface area contributed by atoms with Crippen molar-refractivity contribution in [3.05, 3.63) is 29.3 Å². The highest BCUT2D eigenvalue weighted by Gasteiger charge is 2.25. The lowest BCUT2D eigenvalue weighted by molar-refractivity contribution is -0.138. The monoisotopic (exact) mass is 247 g/mol. The van der Waals surface area contributed by atoms with Gasteiger partial charge < -0.3 is 10.4 Å². The van der Waals surface area contributed by atoms with Crippen LogP contribution in [0.5, 0.6) is 0 Å². The normalized spacial score (nSPS) is 14.9. The van der Waals surface area contributed by atoms with Gasteiger partial charge in [-0.3, -0.25) is 9.59 Å². The van der Waals surface area contributed by atoms with Crippen LogP contribution in [0.3, 0.4) is 0 Å². The molecule has 4 heteroatoms. The molecule has 2 N–H and O–H groups in total. The zero-order chi connectivity index (χ0) is 13.3. The van der Waals surface area contributed by atoms with E-state index in [-0.39, 0.29) is 12.3 Å². The molecule has 0 atom stereocenters. The number of carboxylic acid groups (broad SMARTS) is 1. The van der Waals surface area contributed by atoms with Gasteiger partial charge in [-0.05, 0) is 23.6 Å². The zero-order valence-corrected chi connectivity index (χ0v) is 10.6. The van der Waals surface area contributed by atoms with Crippen LogP contribution in [0.25, 0.3) is 0 Å². The van der Waals surface area contributed by atoms with Crippen LogP contribution in [0.2, 0.25) is 0 Å². The van der Waals surface area contributed by atoms with Crippen molar-refractivity contribution in [2.24, 2.45) is 0 Å². The van der Waals surface area contributed by atoms with Crippen LogP contribution in [0.15, 0.2) is 18.2 Å². The Balaban J connectivity index is 2.31. The fourth-order valence-corrected chi connectivity index (χ4v) is 2.28. The molecule has 0 aliphatic carbocycles. The molecule has 2 rings (SSSR count). The molecule has 0 fully saturated rings. The van der Waals surface area contributed by atoms with E-state index < -0.39 is 11.4 Å². The Bertz CT molecular complexity index is 506. The third-order valence-corrected chi connectivity index (χ3v) is 3.38. The first-order valence-electron chi connectivity index (χ1n) is 6.03. The van der Waals surface area contributed by atoms with Crippen LogP contribution in [-0.2, 0) is 21.4 Å². The van der Waals surface area contributed by atoms with Crippen molar-refractivity contribution < 1.29 is 14.7 Å². The molecule has 18 heavy (non-hydrogen) atoms. The largest absolute Gasteiger partial charge is 0.481 e. The van der Waals surface area contributed by atoms with Gasteiger partial charge in [-0.2, -0.15) is 0 Å². The zero-order valence-electron chi connectivity index (χ0n) is 10.6. The second kappa shape index (κ2) is 4.44. The van der Waals surface area contributed by atoms with Crippen LogP contribution < -0.4 is 5.32 Å². The molecule has 0 radical (unpaired) electrons. The molecule has 0 bridgehead atoms. The lowest BCUT2D eigenvalue weighted by Crippen LogP contribution is -2.23. The molecule has 1 aliphatic rings. The van der Waals surface area contributed by atoms with Crippen molar-refractivity contribution >= 4 is 17.6 Å². The van der Waals surface area contributed by atoms with Crippen LogP contribution >= 0.6 is 0 Å². The molecular weight excluding hydrogens is 230 g/mol. The summed E-state index contributed by atoms with van der Waals surface area (Å²) in [7, 11) is 0. The van der Waals surface area contributed by atoms with E-state index in [1.165, 1.54) is 0 Å². The van der Waals surface area contributed by atoms with Gasteiger partial charge in [0.05, 0.1) is 6.42 Å². The molecule has 1 heterocycles. The van der Waals surface area contributed by atoms with Gasteiger partial charge in [-0.25, -0.2) is 0 Å². The maximum absolute atomic E-state index is 11.3. The molecule has 0 unspecified atom stereocenters. The Morgan fingerprint density at radius 3 is 2.78 bits per heavy atom. The number of nitrogens with one attached hydrogen (secondary N) is 1. The number of benzene rings is 1. The van der Waals surface area contributed by atoms with Gasteiger partial charge in [0.1, 0.15) is 0 Å². The van der Waals surface area contributed by atoms with Crippen LogP contribution in [0, 0.1) is 0 Å². The van der Waals surface area contributed by atoms with E-state index in [0.29, 0.717) is 6.42 Å². The predicted molar refractivity (Wildman–Crippen MR) is 68.7 cm³/mol. The van der Waals surface area contributed by atoms with Crippen molar-refractivity contribution in [2.75, 3.05) is 5.32 Å². The number of anilines is 1. The SMILES string of the molecule is CC(C)(CC(=O)O)c1ccc2c(c1)CCC(=O)N2. The van der Waals surface area contributed by atoms with Crippen LogP contribution in [-0.4, -0.2) is 17.0 Å². The molecule has 0 spiro atoms. The number of carboxylic acids is 1. The van der Waals surface area contributed by atoms with E-state index in [0.717, 1.165) is 23.2 Å². The number of hydrogen-bond donors (Lipinski definition) is 2. The summed E-state index contributed by atoms with van der Waals surface area (Å²) >= 11 is 0. The minimum absolute atomic E-state index is 0.0417. The lowest BCUT2D eigenvalue weighted by atomic mass is 9.80. The first-order chi connectivity index (χ1) is 8.38. The molecule has 96 valence electrons. The smallest absolute Gasteiger partial charge is 0.304 e. The second-order valence-electron chi connectivity index (χ2n) is 5.37. The van der Waals surface area contributed by atoms with Gasteiger partial charge in [-0.15, -0.1) is 0 Å². The summed E-state index contributed by atoms with van der Waals surface area (Å²) in [5.41, 5.74) is 2.54. The number of carbonyl (C=O) groups excluding carboxylic acids is 1. The maximum atomic E-state index is 11.3. The first-order valence-corrected chi connectivity index (χ1v) is 6.03. The Labute approximate surface area is 106 Å². The lowest BCUT2D eigenvalue weighted by Gasteiger charge is -2.26. The molecule has 1 aromatic rings. The Kier molecular flexibility index (Phi) is 3.11. The minimum atomic E-state index is -0.800. The van der Waals surface area contributed by atoms with E-state index in [1.807, 2.05) is 32.0 Å². The molecule has 1 aromatic carbocycles. The van der Waals surface area contributed by atoms with Crippen molar-refractivity contribution in [3.63, 3.8) is 0 Å². The summed E-state index contributed by atoms with van der Waals surface area (Å²) in [6.45, 7) is 3.84. The van der Waals surface area contributed by atoms with Gasteiger partial charge in [-0.1, -0.05) is 26.0 Å². The van der Waals surface area contributed by atoms with E-state index in [9.17, 15) is 9.59 Å². The van der Waals surface area contributed by atoms with Gasteiger partial charge in [0.25, 0.3) is 0 Å². The summed E-state index contributed by atoms with van der Waals surface area (Å²) in [5.74, 6) is -0.758. The Morgan fingerprint density at radius 1 is 1.39 bits per heavy atom. The minimum Gasteiger partial charge on any atom is -0.481 e. The third-order valence-electron chi connectivity index (χ3n) is 3.38. The number of fused-ring (bicyclic) bond motifs is 1. The summed E-state index contributed by atoms with van der Waals surface area (Å²) in [6, 6.07) is 5.77. The molecule has 0 saturated carbocycles. The molecule has 1 aliphatic heterocycles. The van der Waals surface area contributed by atoms with Gasteiger partial charge in [0.2, 0.25) is 5.91 Å². The maximum Gasteiger partial charge on any atom is 0.304 e. The number of hydrogen-bond acceptors (Lipinski definition) is 2. The van der Waals surface area contributed by atoms with E-state index in [2.05, 4.69) is 5.32 Å². The van der Waals surface area contributed by atoms with Crippen LogP contribution in [0.4, 0.5) is 5.69 Å². The second-order valence-corrected chi connectivity index (χ2v) is 5.37. The highest BCUT2D eigenvalue weighted by Crippen LogP contribution is 2.32. The van der Waals surface area contributed by atoms with E-state index in [1.54, 1.807) is 0 Å². The summed E-state index contributed by atoms with van der Waals surface area (Å²) in [5, 5.41) is 11.8. The Morgan fingerprint density at radius 2 is 2.11 bits per heavy atom. The van der Waals surface area contributed by atoms with E-state index >= 15 is 0 Å². The standard InChI is InChI=1S/C14H17NO3/c1-14(2,8-13(17)18)10-4-5-11-9(7-10)3-6-12(16)15-11/h4-5,7H,3,6,8H2,1-2H3,(H,15,16)(H,17,18). The van der Waals surface area contributed by atoms with E-state index in [4.69, 9.17) is 5.11 Å². The predicted octanol–water partition coefficient (Wildman–Crippen LogP) is 2.32. The Hall–Kier alpha value is -1.84. The number of carbonyl (C=O) groups is 2. The molecule has 1 amide bonds. The number of aryl methyl sites for hydroxylation is 1. The first kappa shape index (κ1) is 12.6. The fraction of sp³-hybridized carbons (Fsp3) is 0.429. The van der Waals surface area contributed by atoms with Crippen molar-refractivity contribution in [1.82, 2.24) is 0 Å². The highest BCUT2D eigenvalue weighted by atomic mass is 16.4. The summed E-state index contributed by atoms with van der Waals surface area (Å²) < 4.78 is 0. The van der Waals surface area contributed by atoms with Crippen LogP contribution in [0.1, 0.15) is 37.8 Å². The number of rotatable bonds is 3. The summed E-state index contributed by atoms with van der Waals surface area (Å²) in [6.07, 6.45) is 1.31. The number of aliphatic carboxylic acids is 1. The molecule has 0 aromatic heterocycles. The number of amides is 1. The third kappa shape index (κ3) is 2.53. The van der Waals surface area contributed by atoms with Crippen molar-refractivity contribution in [3.8, 4) is 0 Å². The average molecular weight is 247 g/mol. The van der Waals surface area contributed by atoms with Gasteiger partial charge in [0, 0.05) is 17.5 Å². The molecular formula is C14H17NO3. The van der Waals surface area contributed by atoms with Crippen molar-refractivity contribution in [2.45, 2.75) is 38.5 Å². The summed E-state index contributed by atoms with van der Waals surface area (Å²) in [4.78, 5) is 22.1. The quantitative estimate of drug-likeness (QED) is 0.861. The van der Waals surface area contributed by atoms with Gasteiger partial charge >= 0.3 is 5.97 Å². The average Bonchev–Trinajstić information content (AvgIpc) is 2.26. The fourth-order valence-electron chi connectivity index (χ4n) is 2.28. The topological polar surface area (TPSA) is 66.4 Å². The highest BCUT2D eigenvalue weighted by molar-refractivity contribution is 5.93. The molecule has 0 saturated heterocycles.